The molecule has 0 bridgehead atoms. The molecule has 1 aromatic carbocycles. The number of hydrogen-bond donors (Lipinski definition) is 1. The number of aromatic carboxylic acids is 1. The van der Waals surface area contributed by atoms with Gasteiger partial charge in [0.2, 0.25) is 0 Å². The normalized spacial score (nSPS) is 9.86. The molecule has 76 valence electrons. The van der Waals surface area contributed by atoms with Gasteiger partial charge in [-0.3, -0.25) is 0 Å². The van der Waals surface area contributed by atoms with Gasteiger partial charge in [-0.25, -0.2) is 4.79 Å². The Morgan fingerprint density at radius 3 is 2.86 bits per heavy atom. The third-order valence-electron chi connectivity index (χ3n) is 1.64. The van der Waals surface area contributed by atoms with Crippen LogP contribution < -0.4 is 4.74 Å². The van der Waals surface area contributed by atoms with Gasteiger partial charge in [-0.1, -0.05) is 18.5 Å². The SMILES string of the molecule is CCCOc1ccc(Cl)c(C(=O)O)c1. The van der Waals surface area contributed by atoms with E-state index in [1.54, 1.807) is 6.07 Å². The Bertz CT molecular complexity index is 336. The number of rotatable bonds is 4. The second-order valence-corrected chi connectivity index (χ2v) is 3.20. The monoisotopic (exact) mass is 214 g/mol. The summed E-state index contributed by atoms with van der Waals surface area (Å²) in [6, 6.07) is 4.61. The minimum Gasteiger partial charge on any atom is -0.494 e. The smallest absolute Gasteiger partial charge is 0.337 e. The van der Waals surface area contributed by atoms with Gasteiger partial charge in [0.05, 0.1) is 17.2 Å². The Hall–Kier alpha value is -1.22. The van der Waals surface area contributed by atoms with E-state index in [4.69, 9.17) is 21.4 Å². The van der Waals surface area contributed by atoms with Crippen molar-refractivity contribution in [3.8, 4) is 5.75 Å². The minimum absolute atomic E-state index is 0.0697. The van der Waals surface area contributed by atoms with Gasteiger partial charge in [-0.2, -0.15) is 0 Å². The van der Waals surface area contributed by atoms with Crippen LogP contribution in [0.4, 0.5) is 0 Å². The lowest BCUT2D eigenvalue weighted by molar-refractivity contribution is 0.0696. The van der Waals surface area contributed by atoms with Crippen molar-refractivity contribution in [3.63, 3.8) is 0 Å². The molecule has 0 spiro atoms. The van der Waals surface area contributed by atoms with E-state index >= 15 is 0 Å². The lowest BCUT2D eigenvalue weighted by atomic mass is 10.2. The molecule has 0 unspecified atom stereocenters. The van der Waals surface area contributed by atoms with E-state index in [-0.39, 0.29) is 10.6 Å². The maximum absolute atomic E-state index is 10.7. The number of benzene rings is 1. The number of carbonyl (C=O) groups is 1. The van der Waals surface area contributed by atoms with Gasteiger partial charge in [0.25, 0.3) is 0 Å². The second-order valence-electron chi connectivity index (χ2n) is 2.80. The van der Waals surface area contributed by atoms with Crippen LogP contribution in [0.2, 0.25) is 5.02 Å². The number of carboxylic acid groups (broad SMARTS) is 1. The quantitative estimate of drug-likeness (QED) is 0.839. The first-order valence-electron chi connectivity index (χ1n) is 4.30. The molecule has 0 aliphatic heterocycles. The van der Waals surface area contributed by atoms with Gasteiger partial charge in [0.15, 0.2) is 0 Å². The van der Waals surface area contributed by atoms with E-state index in [2.05, 4.69) is 0 Å². The van der Waals surface area contributed by atoms with E-state index in [1.807, 2.05) is 6.92 Å². The summed E-state index contributed by atoms with van der Waals surface area (Å²) in [4.78, 5) is 10.7. The standard InChI is InChI=1S/C10H11ClO3/c1-2-5-14-7-3-4-9(11)8(6-7)10(12)13/h3-4,6H,2,5H2,1H3,(H,12,13). The maximum atomic E-state index is 10.7. The Morgan fingerprint density at radius 1 is 1.57 bits per heavy atom. The van der Waals surface area contributed by atoms with Crippen LogP contribution >= 0.6 is 11.6 Å². The molecule has 1 aromatic rings. The molecular formula is C10H11ClO3. The van der Waals surface area contributed by atoms with Crippen molar-refractivity contribution < 1.29 is 14.6 Å². The van der Waals surface area contributed by atoms with Gasteiger partial charge in [0, 0.05) is 0 Å². The molecule has 0 aliphatic rings. The highest BCUT2D eigenvalue weighted by Gasteiger charge is 2.09. The summed E-state index contributed by atoms with van der Waals surface area (Å²) >= 11 is 5.69. The number of ether oxygens (including phenoxy) is 1. The first-order valence-corrected chi connectivity index (χ1v) is 4.68. The average molecular weight is 215 g/mol. The highest BCUT2D eigenvalue weighted by Crippen LogP contribution is 2.22. The summed E-state index contributed by atoms with van der Waals surface area (Å²) in [5, 5.41) is 9.00. The summed E-state index contributed by atoms with van der Waals surface area (Å²) in [6.45, 7) is 2.55. The predicted octanol–water partition coefficient (Wildman–Crippen LogP) is 2.83. The summed E-state index contributed by atoms with van der Waals surface area (Å²) in [6.07, 6.45) is 0.880. The maximum Gasteiger partial charge on any atom is 0.337 e. The van der Waals surface area contributed by atoms with Crippen molar-refractivity contribution >= 4 is 17.6 Å². The summed E-state index contributed by atoms with van der Waals surface area (Å²) in [5.74, 6) is -0.509. The fraction of sp³-hybridized carbons (Fsp3) is 0.300. The lowest BCUT2D eigenvalue weighted by Crippen LogP contribution is -2.00. The molecule has 1 rings (SSSR count). The van der Waals surface area contributed by atoms with Crippen LogP contribution in [0, 0.1) is 0 Å². The fourth-order valence-corrected chi connectivity index (χ4v) is 1.18. The Labute approximate surface area is 87.3 Å². The van der Waals surface area contributed by atoms with Gasteiger partial charge in [-0.05, 0) is 24.6 Å². The highest BCUT2D eigenvalue weighted by molar-refractivity contribution is 6.33. The molecule has 0 fully saturated rings. The van der Waals surface area contributed by atoms with Gasteiger partial charge < -0.3 is 9.84 Å². The topological polar surface area (TPSA) is 46.5 Å². The van der Waals surface area contributed by atoms with Crippen molar-refractivity contribution in [2.24, 2.45) is 0 Å². The van der Waals surface area contributed by atoms with Crippen LogP contribution in [0.25, 0.3) is 0 Å². The summed E-state index contributed by atoms with van der Waals surface area (Å²) < 4.78 is 5.28. The van der Waals surface area contributed by atoms with Crippen LogP contribution in [-0.2, 0) is 0 Å². The van der Waals surface area contributed by atoms with E-state index in [0.717, 1.165) is 6.42 Å². The Balaban J connectivity index is 2.89. The molecule has 3 nitrogen and oxygen atoms in total. The zero-order valence-corrected chi connectivity index (χ0v) is 8.54. The van der Waals surface area contributed by atoms with Crippen molar-refractivity contribution in [2.45, 2.75) is 13.3 Å². The van der Waals surface area contributed by atoms with E-state index < -0.39 is 5.97 Å². The molecule has 0 heterocycles. The van der Waals surface area contributed by atoms with E-state index in [0.29, 0.717) is 12.4 Å². The van der Waals surface area contributed by atoms with Gasteiger partial charge in [0.1, 0.15) is 5.75 Å². The second kappa shape index (κ2) is 4.86. The number of carboxylic acids is 1. The lowest BCUT2D eigenvalue weighted by Gasteiger charge is -2.05. The van der Waals surface area contributed by atoms with Gasteiger partial charge in [-0.15, -0.1) is 0 Å². The van der Waals surface area contributed by atoms with E-state index in [9.17, 15) is 4.79 Å². The number of hydrogen-bond acceptors (Lipinski definition) is 2. The zero-order chi connectivity index (χ0) is 10.6. The number of halogens is 1. The highest BCUT2D eigenvalue weighted by atomic mass is 35.5. The Morgan fingerprint density at radius 2 is 2.29 bits per heavy atom. The third-order valence-corrected chi connectivity index (χ3v) is 1.97. The molecule has 0 saturated carbocycles. The van der Waals surface area contributed by atoms with Crippen LogP contribution in [0.15, 0.2) is 18.2 Å². The van der Waals surface area contributed by atoms with Crippen molar-refractivity contribution in [3.05, 3.63) is 28.8 Å². The molecular weight excluding hydrogens is 204 g/mol. The fourth-order valence-electron chi connectivity index (χ4n) is 0.978. The molecule has 0 saturated heterocycles. The molecule has 0 amide bonds. The molecule has 4 heteroatoms. The zero-order valence-electron chi connectivity index (χ0n) is 7.79. The first-order chi connectivity index (χ1) is 6.65. The van der Waals surface area contributed by atoms with Crippen molar-refractivity contribution in [2.75, 3.05) is 6.61 Å². The van der Waals surface area contributed by atoms with Crippen molar-refractivity contribution in [1.82, 2.24) is 0 Å². The van der Waals surface area contributed by atoms with E-state index in [1.165, 1.54) is 12.1 Å². The Kier molecular flexibility index (Phi) is 3.77. The largest absolute Gasteiger partial charge is 0.494 e. The minimum atomic E-state index is -1.04. The molecule has 1 N–H and O–H groups in total. The summed E-state index contributed by atoms with van der Waals surface area (Å²) in [7, 11) is 0. The van der Waals surface area contributed by atoms with Crippen molar-refractivity contribution in [1.29, 1.82) is 0 Å². The van der Waals surface area contributed by atoms with Crippen LogP contribution in [0.1, 0.15) is 23.7 Å². The van der Waals surface area contributed by atoms with Crippen LogP contribution in [-0.4, -0.2) is 17.7 Å². The van der Waals surface area contributed by atoms with Crippen LogP contribution in [0.3, 0.4) is 0 Å². The predicted molar refractivity (Wildman–Crippen MR) is 54.2 cm³/mol. The average Bonchev–Trinajstić information content (AvgIpc) is 2.16. The molecule has 0 atom stereocenters. The molecule has 14 heavy (non-hydrogen) atoms. The van der Waals surface area contributed by atoms with Gasteiger partial charge >= 0.3 is 5.97 Å². The van der Waals surface area contributed by atoms with Crippen LogP contribution in [0.5, 0.6) is 5.75 Å². The first kappa shape index (κ1) is 10.9. The third kappa shape index (κ3) is 2.64. The molecule has 0 radical (unpaired) electrons. The molecule has 0 aromatic heterocycles. The molecule has 0 aliphatic carbocycles. The summed E-state index contributed by atoms with van der Waals surface area (Å²) in [5.41, 5.74) is 0.0697.